The van der Waals surface area contributed by atoms with E-state index in [1.165, 1.54) is 7.11 Å². The number of carbonyl (C=O) groups is 2. The van der Waals surface area contributed by atoms with Crippen LogP contribution < -0.4 is 4.74 Å². The number of hydrogen-bond donors (Lipinski definition) is 1. The van der Waals surface area contributed by atoms with Gasteiger partial charge in [-0.3, -0.25) is 9.59 Å². The third-order valence-electron chi connectivity index (χ3n) is 6.70. The lowest BCUT2D eigenvalue weighted by Crippen LogP contribution is -2.40. The number of benzene rings is 1. The summed E-state index contributed by atoms with van der Waals surface area (Å²) in [5.41, 5.74) is 1.98. The number of aldehydes is 1. The molecular formula is C24H31ClO4. The maximum Gasteiger partial charge on any atom is 0.154 e. The fraction of sp³-hybridized carbons (Fsp3) is 0.500. The molecule has 0 amide bonds. The van der Waals surface area contributed by atoms with Crippen LogP contribution in [0.2, 0.25) is 5.02 Å². The second-order valence-electron chi connectivity index (χ2n) is 8.31. The maximum absolute atomic E-state index is 12.2. The molecule has 158 valence electrons. The highest BCUT2D eigenvalue weighted by Gasteiger charge is 2.41. The number of allylic oxidation sites excluding steroid dienone is 4. The minimum atomic E-state index is -0.178. The Bertz CT molecular complexity index is 868. The third kappa shape index (κ3) is 4.42. The predicted molar refractivity (Wildman–Crippen MR) is 117 cm³/mol. The summed E-state index contributed by atoms with van der Waals surface area (Å²) in [6.45, 7) is 10.0. The lowest BCUT2D eigenvalue weighted by atomic mass is 9.61. The Balaban J connectivity index is 2.33. The standard InChI is InChI=1S/C24H31ClO4/c1-14(11-12-24(5)15(2)8-10-20(27)17(24)4)7-9-18-22(28)19(13-26)16(3)21(25)23(18)29-6/h7,11-13,15,17,28H,8-10H2,1-6H3/b12-11+,14-7+/t15-,17+,24-/m1/s1. The summed E-state index contributed by atoms with van der Waals surface area (Å²) in [5, 5.41) is 10.9. The summed E-state index contributed by atoms with van der Waals surface area (Å²) in [6, 6.07) is 0. The van der Waals surface area contributed by atoms with Gasteiger partial charge in [0, 0.05) is 17.9 Å². The van der Waals surface area contributed by atoms with Gasteiger partial charge in [-0.2, -0.15) is 0 Å². The number of aromatic hydroxyl groups is 1. The summed E-state index contributed by atoms with van der Waals surface area (Å²) in [6.07, 6.45) is 8.68. The van der Waals surface area contributed by atoms with Crippen molar-refractivity contribution in [3.63, 3.8) is 0 Å². The van der Waals surface area contributed by atoms with Crippen LogP contribution in [0.1, 0.15) is 62.0 Å². The van der Waals surface area contributed by atoms with Crippen LogP contribution in [0.15, 0.2) is 23.8 Å². The molecule has 1 fully saturated rings. The van der Waals surface area contributed by atoms with Gasteiger partial charge in [0.15, 0.2) is 6.29 Å². The fourth-order valence-corrected chi connectivity index (χ4v) is 4.32. The Hall–Kier alpha value is -2.07. The molecule has 0 bridgehead atoms. The van der Waals surface area contributed by atoms with E-state index in [0.29, 0.717) is 52.7 Å². The van der Waals surface area contributed by atoms with E-state index in [1.807, 2.05) is 26.0 Å². The number of carbonyl (C=O) groups excluding carboxylic acids is 2. The molecule has 1 N–H and O–H groups in total. The van der Waals surface area contributed by atoms with Gasteiger partial charge in [-0.05, 0) is 43.6 Å². The van der Waals surface area contributed by atoms with Gasteiger partial charge >= 0.3 is 0 Å². The van der Waals surface area contributed by atoms with Crippen molar-refractivity contribution in [2.75, 3.05) is 7.11 Å². The van der Waals surface area contributed by atoms with E-state index in [4.69, 9.17) is 16.3 Å². The van der Waals surface area contributed by atoms with E-state index in [0.717, 1.165) is 12.0 Å². The summed E-state index contributed by atoms with van der Waals surface area (Å²) >= 11 is 6.33. The summed E-state index contributed by atoms with van der Waals surface area (Å²) < 4.78 is 5.39. The molecule has 0 unspecified atom stereocenters. The van der Waals surface area contributed by atoms with Crippen LogP contribution in [0.3, 0.4) is 0 Å². The summed E-state index contributed by atoms with van der Waals surface area (Å²) in [5.74, 6) is 1.02. The minimum Gasteiger partial charge on any atom is -0.507 e. The van der Waals surface area contributed by atoms with Crippen molar-refractivity contribution < 1.29 is 19.4 Å². The molecule has 29 heavy (non-hydrogen) atoms. The van der Waals surface area contributed by atoms with Gasteiger partial charge in [0.1, 0.15) is 17.3 Å². The highest BCUT2D eigenvalue weighted by atomic mass is 35.5. The molecule has 0 aliphatic heterocycles. The highest BCUT2D eigenvalue weighted by molar-refractivity contribution is 6.33. The smallest absolute Gasteiger partial charge is 0.154 e. The van der Waals surface area contributed by atoms with Crippen LogP contribution in [0.25, 0.3) is 0 Å². The molecule has 0 saturated heterocycles. The van der Waals surface area contributed by atoms with Crippen molar-refractivity contribution in [2.24, 2.45) is 17.3 Å². The molecular weight excluding hydrogens is 388 g/mol. The van der Waals surface area contributed by atoms with Crippen LogP contribution in [-0.4, -0.2) is 24.3 Å². The van der Waals surface area contributed by atoms with Gasteiger partial charge in [-0.25, -0.2) is 0 Å². The Morgan fingerprint density at radius 2 is 2.03 bits per heavy atom. The van der Waals surface area contributed by atoms with Crippen molar-refractivity contribution in [1.82, 2.24) is 0 Å². The van der Waals surface area contributed by atoms with Gasteiger partial charge in [0.05, 0.1) is 17.7 Å². The average Bonchev–Trinajstić information content (AvgIpc) is 2.70. The van der Waals surface area contributed by atoms with E-state index in [2.05, 4.69) is 19.9 Å². The lowest BCUT2D eigenvalue weighted by molar-refractivity contribution is -0.129. The number of ketones is 1. The van der Waals surface area contributed by atoms with Crippen LogP contribution in [0.5, 0.6) is 11.5 Å². The van der Waals surface area contributed by atoms with Crippen molar-refractivity contribution in [2.45, 2.75) is 53.9 Å². The molecule has 1 aromatic rings. The van der Waals surface area contributed by atoms with E-state index in [9.17, 15) is 14.7 Å². The number of ether oxygens (including phenoxy) is 1. The number of methoxy groups -OCH3 is 1. The quantitative estimate of drug-likeness (QED) is 0.464. The van der Waals surface area contributed by atoms with Crippen LogP contribution in [-0.2, 0) is 11.2 Å². The molecule has 2 rings (SSSR count). The molecule has 3 atom stereocenters. The van der Waals surface area contributed by atoms with E-state index >= 15 is 0 Å². The first kappa shape index (κ1) is 23.2. The zero-order valence-corrected chi connectivity index (χ0v) is 18.9. The minimum absolute atomic E-state index is 0.00880. The highest BCUT2D eigenvalue weighted by Crippen LogP contribution is 2.45. The van der Waals surface area contributed by atoms with Gasteiger partial charge in [0.2, 0.25) is 0 Å². The first-order chi connectivity index (χ1) is 13.6. The Morgan fingerprint density at radius 3 is 2.62 bits per heavy atom. The molecule has 0 heterocycles. The summed E-state index contributed by atoms with van der Waals surface area (Å²) in [7, 11) is 1.49. The summed E-state index contributed by atoms with van der Waals surface area (Å²) in [4.78, 5) is 23.6. The van der Waals surface area contributed by atoms with E-state index in [1.54, 1.807) is 6.92 Å². The average molecular weight is 419 g/mol. The first-order valence-corrected chi connectivity index (χ1v) is 10.4. The van der Waals surface area contributed by atoms with Gasteiger partial charge < -0.3 is 9.84 Å². The zero-order valence-electron chi connectivity index (χ0n) is 18.1. The molecule has 1 aliphatic rings. The topological polar surface area (TPSA) is 63.6 Å². The molecule has 5 heteroatoms. The van der Waals surface area contributed by atoms with Gasteiger partial charge in [0.25, 0.3) is 0 Å². The number of phenols is 1. The molecule has 0 aromatic heterocycles. The van der Waals surface area contributed by atoms with Gasteiger partial charge in [-0.15, -0.1) is 0 Å². The molecule has 0 spiro atoms. The SMILES string of the molecule is COc1c(Cl)c(C)c(C=O)c(O)c1C/C=C(C)/C=C/[C@]1(C)[C@H](C)CCC(=O)[C@@H]1C. The lowest BCUT2D eigenvalue weighted by Gasteiger charge is -2.42. The molecule has 0 radical (unpaired) electrons. The monoisotopic (exact) mass is 418 g/mol. The second-order valence-corrected chi connectivity index (χ2v) is 8.69. The van der Waals surface area contributed by atoms with E-state index < -0.39 is 0 Å². The number of Topliss-reactive ketones (excluding diaryl/α,β-unsaturated/α-hetero) is 1. The predicted octanol–water partition coefficient (Wildman–Crippen LogP) is 5.86. The first-order valence-electron chi connectivity index (χ1n) is 10.00. The molecule has 4 nitrogen and oxygen atoms in total. The van der Waals surface area contributed by atoms with Gasteiger partial charge in [-0.1, -0.05) is 56.2 Å². The number of halogens is 1. The normalized spacial score (nSPS) is 25.5. The maximum atomic E-state index is 12.2. The number of hydrogen-bond acceptors (Lipinski definition) is 4. The second kappa shape index (κ2) is 9.17. The van der Waals surface area contributed by atoms with Crippen molar-refractivity contribution in [1.29, 1.82) is 0 Å². The van der Waals surface area contributed by atoms with Crippen molar-refractivity contribution in [3.05, 3.63) is 45.5 Å². The Kier molecular flexibility index (Phi) is 7.34. The largest absolute Gasteiger partial charge is 0.507 e. The molecule has 1 aromatic carbocycles. The molecule has 1 aliphatic carbocycles. The van der Waals surface area contributed by atoms with Crippen LogP contribution in [0.4, 0.5) is 0 Å². The van der Waals surface area contributed by atoms with Crippen LogP contribution in [0, 0.1) is 24.2 Å². The fourth-order valence-electron chi connectivity index (χ4n) is 4.03. The number of phenolic OH excluding ortho intramolecular Hbond substituents is 1. The molecule has 1 saturated carbocycles. The van der Waals surface area contributed by atoms with Crippen LogP contribution >= 0.6 is 11.6 Å². The Labute approximate surface area is 178 Å². The van der Waals surface area contributed by atoms with E-state index in [-0.39, 0.29) is 22.6 Å². The van der Waals surface area contributed by atoms with Crippen molar-refractivity contribution >= 4 is 23.7 Å². The van der Waals surface area contributed by atoms with Crippen molar-refractivity contribution in [3.8, 4) is 11.5 Å². The zero-order chi connectivity index (χ0) is 21.9. The Morgan fingerprint density at radius 1 is 1.38 bits per heavy atom. The third-order valence-corrected chi connectivity index (χ3v) is 7.16. The number of rotatable bonds is 6.